The molecule has 2 N–H and O–H groups in total. The molecule has 9 heteroatoms. The van der Waals surface area contributed by atoms with Crippen molar-refractivity contribution in [3.05, 3.63) is 42.4 Å². The summed E-state index contributed by atoms with van der Waals surface area (Å²) in [6.07, 6.45) is 7.15. The molecule has 2 unspecified atom stereocenters. The first-order valence-corrected chi connectivity index (χ1v) is 9.91. The van der Waals surface area contributed by atoms with Crippen molar-refractivity contribution in [3.63, 3.8) is 0 Å². The molecular formula is C20H32IN7O. The minimum atomic E-state index is 0. The van der Waals surface area contributed by atoms with Gasteiger partial charge in [-0.2, -0.15) is 5.10 Å². The van der Waals surface area contributed by atoms with Crippen molar-refractivity contribution in [2.75, 3.05) is 31.6 Å². The number of halogens is 1. The molecule has 1 aliphatic rings. The van der Waals surface area contributed by atoms with Gasteiger partial charge >= 0.3 is 0 Å². The van der Waals surface area contributed by atoms with Crippen molar-refractivity contribution < 1.29 is 4.74 Å². The Balaban J connectivity index is 0.00000300. The number of pyridine rings is 1. The lowest BCUT2D eigenvalue weighted by Gasteiger charge is -2.36. The van der Waals surface area contributed by atoms with Crippen LogP contribution < -0.4 is 15.5 Å². The Morgan fingerprint density at radius 1 is 1.24 bits per heavy atom. The monoisotopic (exact) mass is 513 g/mol. The molecule has 3 rings (SSSR count). The Labute approximate surface area is 190 Å². The highest BCUT2D eigenvalue weighted by atomic mass is 127. The first-order chi connectivity index (χ1) is 13.6. The smallest absolute Gasteiger partial charge is 0.191 e. The van der Waals surface area contributed by atoms with Gasteiger partial charge in [-0.25, -0.2) is 4.98 Å². The van der Waals surface area contributed by atoms with E-state index in [0.29, 0.717) is 6.54 Å². The number of hydrogen-bond acceptors (Lipinski definition) is 5. The Kier molecular flexibility index (Phi) is 9.65. The summed E-state index contributed by atoms with van der Waals surface area (Å²) < 4.78 is 7.73. The van der Waals surface area contributed by atoms with Crippen molar-refractivity contribution in [1.82, 2.24) is 25.4 Å². The molecule has 0 amide bonds. The van der Waals surface area contributed by atoms with Crippen LogP contribution in [-0.4, -0.2) is 59.6 Å². The zero-order valence-corrected chi connectivity index (χ0v) is 19.7. The van der Waals surface area contributed by atoms with Gasteiger partial charge in [0.1, 0.15) is 5.82 Å². The molecule has 2 aromatic heterocycles. The topological polar surface area (TPSA) is 79.6 Å². The largest absolute Gasteiger partial charge is 0.372 e. The molecule has 0 spiro atoms. The van der Waals surface area contributed by atoms with E-state index in [-0.39, 0.29) is 36.2 Å². The van der Waals surface area contributed by atoms with E-state index in [1.165, 1.54) is 0 Å². The van der Waals surface area contributed by atoms with Gasteiger partial charge in [0.15, 0.2) is 5.96 Å². The lowest BCUT2D eigenvalue weighted by molar-refractivity contribution is -0.00545. The highest BCUT2D eigenvalue weighted by Crippen LogP contribution is 2.18. The van der Waals surface area contributed by atoms with E-state index >= 15 is 0 Å². The number of aryl methyl sites for hydroxylation is 1. The maximum absolute atomic E-state index is 5.80. The van der Waals surface area contributed by atoms with Crippen LogP contribution in [0.4, 0.5) is 5.82 Å². The molecule has 1 aliphatic heterocycles. The highest BCUT2D eigenvalue weighted by molar-refractivity contribution is 14.0. The molecule has 0 radical (unpaired) electrons. The quantitative estimate of drug-likeness (QED) is 0.256. The van der Waals surface area contributed by atoms with Crippen LogP contribution in [0.3, 0.4) is 0 Å². The molecular weight excluding hydrogens is 481 g/mol. The summed E-state index contributed by atoms with van der Waals surface area (Å²) in [6, 6.07) is 6.14. The molecule has 3 heterocycles. The summed E-state index contributed by atoms with van der Waals surface area (Å²) in [5.74, 6) is 1.80. The highest BCUT2D eigenvalue weighted by Gasteiger charge is 2.22. The van der Waals surface area contributed by atoms with Crippen LogP contribution in [-0.2, 0) is 17.8 Å². The molecule has 29 heavy (non-hydrogen) atoms. The molecule has 0 aliphatic carbocycles. The molecule has 8 nitrogen and oxygen atoms in total. The summed E-state index contributed by atoms with van der Waals surface area (Å²) in [5.41, 5.74) is 1.12. The standard InChI is InChI=1S/C20H31N7O.HI/c1-16-14-26(15-17(2)28-16)19-7-6-18(12-23-19)13-24-20(21-3)22-8-4-10-27-11-5-9-25-27;/h5-7,9,11-12,16-17H,4,8,10,13-15H2,1-3H3,(H2,21,22,24);1H. The number of aliphatic imine (C=N–C) groups is 1. The summed E-state index contributed by atoms with van der Waals surface area (Å²) in [4.78, 5) is 11.2. The second-order valence-electron chi connectivity index (χ2n) is 7.16. The van der Waals surface area contributed by atoms with Crippen LogP contribution in [0.15, 0.2) is 41.8 Å². The first-order valence-electron chi connectivity index (χ1n) is 9.91. The van der Waals surface area contributed by atoms with Gasteiger partial charge in [-0.05, 0) is 38.0 Å². The number of hydrogen-bond donors (Lipinski definition) is 2. The van der Waals surface area contributed by atoms with Gasteiger partial charge in [0, 0.05) is 58.4 Å². The van der Waals surface area contributed by atoms with E-state index in [1.807, 2.05) is 23.1 Å². The third-order valence-corrected chi connectivity index (χ3v) is 4.65. The van der Waals surface area contributed by atoms with Crippen molar-refractivity contribution >= 4 is 35.8 Å². The predicted molar refractivity (Wildman–Crippen MR) is 127 cm³/mol. The Morgan fingerprint density at radius 3 is 2.66 bits per heavy atom. The van der Waals surface area contributed by atoms with Crippen molar-refractivity contribution in [3.8, 4) is 0 Å². The third kappa shape index (κ3) is 7.46. The van der Waals surface area contributed by atoms with Gasteiger partial charge in [0.2, 0.25) is 0 Å². The van der Waals surface area contributed by atoms with Gasteiger partial charge in [-0.3, -0.25) is 9.67 Å². The van der Waals surface area contributed by atoms with E-state index in [1.54, 1.807) is 13.2 Å². The second kappa shape index (κ2) is 12.0. The van der Waals surface area contributed by atoms with E-state index in [2.05, 4.69) is 56.6 Å². The average Bonchev–Trinajstić information content (AvgIpc) is 3.20. The summed E-state index contributed by atoms with van der Waals surface area (Å²) >= 11 is 0. The molecule has 0 bridgehead atoms. The molecule has 2 atom stereocenters. The fourth-order valence-electron chi connectivity index (χ4n) is 3.36. The van der Waals surface area contributed by atoms with Crippen molar-refractivity contribution in [1.29, 1.82) is 0 Å². The van der Waals surface area contributed by atoms with E-state index in [9.17, 15) is 0 Å². The Hall–Kier alpha value is -1.88. The molecule has 2 aromatic rings. The summed E-state index contributed by atoms with van der Waals surface area (Å²) in [5, 5.41) is 10.9. The van der Waals surface area contributed by atoms with Crippen molar-refractivity contribution in [2.24, 2.45) is 4.99 Å². The lowest BCUT2D eigenvalue weighted by Crippen LogP contribution is -2.45. The first kappa shape index (κ1) is 23.4. The SMILES string of the molecule is CN=C(NCCCn1cccn1)NCc1ccc(N2CC(C)OC(C)C2)nc1.I. The number of nitrogens with one attached hydrogen (secondary N) is 2. The van der Waals surface area contributed by atoms with E-state index in [0.717, 1.165) is 49.9 Å². The second-order valence-corrected chi connectivity index (χ2v) is 7.16. The molecule has 1 saturated heterocycles. The van der Waals surface area contributed by atoms with Gasteiger partial charge in [0.25, 0.3) is 0 Å². The van der Waals surface area contributed by atoms with Crippen LogP contribution in [0, 0.1) is 0 Å². The lowest BCUT2D eigenvalue weighted by atomic mass is 10.2. The van der Waals surface area contributed by atoms with Crippen LogP contribution in [0.2, 0.25) is 0 Å². The number of ether oxygens (including phenoxy) is 1. The average molecular weight is 513 g/mol. The maximum Gasteiger partial charge on any atom is 0.191 e. The van der Waals surface area contributed by atoms with Gasteiger partial charge in [-0.1, -0.05) is 6.07 Å². The fraction of sp³-hybridized carbons (Fsp3) is 0.550. The molecule has 1 fully saturated rings. The number of guanidine groups is 1. The summed E-state index contributed by atoms with van der Waals surface area (Å²) in [7, 11) is 1.78. The van der Waals surface area contributed by atoms with Crippen molar-refractivity contribution in [2.45, 2.75) is 45.6 Å². The number of morpholine rings is 1. The number of aromatic nitrogens is 3. The third-order valence-electron chi connectivity index (χ3n) is 4.65. The number of anilines is 1. The van der Waals surface area contributed by atoms with Crippen LogP contribution in [0.25, 0.3) is 0 Å². The molecule has 160 valence electrons. The summed E-state index contributed by atoms with van der Waals surface area (Å²) in [6.45, 7) is 8.38. The number of nitrogens with zero attached hydrogens (tertiary/aromatic N) is 5. The van der Waals surface area contributed by atoms with Gasteiger partial charge in [0.05, 0.1) is 12.2 Å². The molecule has 0 saturated carbocycles. The maximum atomic E-state index is 5.80. The zero-order valence-electron chi connectivity index (χ0n) is 17.4. The molecule has 0 aromatic carbocycles. The van der Waals surface area contributed by atoms with Crippen LogP contribution in [0.5, 0.6) is 0 Å². The zero-order chi connectivity index (χ0) is 19.8. The van der Waals surface area contributed by atoms with E-state index < -0.39 is 0 Å². The van der Waals surface area contributed by atoms with Crippen LogP contribution >= 0.6 is 24.0 Å². The Morgan fingerprint density at radius 2 is 2.03 bits per heavy atom. The fourth-order valence-corrected chi connectivity index (χ4v) is 3.36. The minimum Gasteiger partial charge on any atom is -0.372 e. The van der Waals surface area contributed by atoms with E-state index in [4.69, 9.17) is 4.74 Å². The van der Waals surface area contributed by atoms with Gasteiger partial charge < -0.3 is 20.3 Å². The van der Waals surface area contributed by atoms with Crippen LogP contribution in [0.1, 0.15) is 25.8 Å². The number of rotatable bonds is 7. The van der Waals surface area contributed by atoms with Gasteiger partial charge in [-0.15, -0.1) is 24.0 Å². The Bertz CT molecular complexity index is 726. The normalized spacial score (nSPS) is 19.6. The minimum absolute atomic E-state index is 0. The predicted octanol–water partition coefficient (Wildman–Crippen LogP) is 2.27.